The second kappa shape index (κ2) is 4.50. The third kappa shape index (κ3) is 3.35. The normalized spacial score (nSPS) is 12.1. The SMILES string of the molecule is C[C@H](Cc1cccc(O)c1)NC(=O)O. The Labute approximate surface area is 82.2 Å². The molecule has 0 aliphatic rings. The summed E-state index contributed by atoms with van der Waals surface area (Å²) < 4.78 is 0. The Morgan fingerprint density at radius 2 is 2.29 bits per heavy atom. The van der Waals surface area contributed by atoms with Crippen molar-refractivity contribution in [2.75, 3.05) is 0 Å². The summed E-state index contributed by atoms with van der Waals surface area (Å²) in [5.74, 6) is 0.199. The molecule has 4 heteroatoms. The van der Waals surface area contributed by atoms with Crippen LogP contribution in [0, 0.1) is 0 Å². The van der Waals surface area contributed by atoms with Crippen molar-refractivity contribution in [3.8, 4) is 5.75 Å². The number of amides is 1. The number of nitrogens with one attached hydrogen (secondary N) is 1. The van der Waals surface area contributed by atoms with E-state index in [0.29, 0.717) is 6.42 Å². The molecule has 0 aliphatic carbocycles. The standard InChI is InChI=1S/C10H13NO3/c1-7(11-10(13)14)5-8-3-2-4-9(12)6-8/h2-4,6-7,11-12H,5H2,1H3,(H,13,14)/t7-/m1/s1. The van der Waals surface area contributed by atoms with Gasteiger partial charge in [0.05, 0.1) is 0 Å². The van der Waals surface area contributed by atoms with Gasteiger partial charge in [0.15, 0.2) is 0 Å². The molecule has 1 aromatic carbocycles. The second-order valence-corrected chi connectivity index (χ2v) is 3.22. The molecule has 14 heavy (non-hydrogen) atoms. The topological polar surface area (TPSA) is 69.6 Å². The zero-order valence-corrected chi connectivity index (χ0v) is 7.90. The third-order valence-corrected chi connectivity index (χ3v) is 1.82. The van der Waals surface area contributed by atoms with Crippen molar-refractivity contribution in [1.82, 2.24) is 5.32 Å². The lowest BCUT2D eigenvalue weighted by atomic mass is 10.1. The van der Waals surface area contributed by atoms with Gasteiger partial charge in [-0.25, -0.2) is 4.79 Å². The fourth-order valence-electron chi connectivity index (χ4n) is 1.30. The van der Waals surface area contributed by atoms with Crippen LogP contribution in [0.2, 0.25) is 0 Å². The van der Waals surface area contributed by atoms with Crippen molar-refractivity contribution in [3.05, 3.63) is 29.8 Å². The van der Waals surface area contributed by atoms with E-state index < -0.39 is 6.09 Å². The van der Waals surface area contributed by atoms with E-state index in [2.05, 4.69) is 5.32 Å². The molecule has 1 aromatic rings. The molecule has 0 saturated heterocycles. The van der Waals surface area contributed by atoms with Crippen LogP contribution in [0.25, 0.3) is 0 Å². The highest BCUT2D eigenvalue weighted by molar-refractivity contribution is 5.64. The molecule has 0 unspecified atom stereocenters. The molecule has 4 nitrogen and oxygen atoms in total. The molecule has 0 spiro atoms. The Morgan fingerprint density at radius 1 is 1.57 bits per heavy atom. The van der Waals surface area contributed by atoms with Crippen molar-refractivity contribution in [1.29, 1.82) is 0 Å². The smallest absolute Gasteiger partial charge is 0.404 e. The van der Waals surface area contributed by atoms with Gasteiger partial charge in [-0.05, 0) is 31.0 Å². The molecule has 76 valence electrons. The van der Waals surface area contributed by atoms with Crippen LogP contribution < -0.4 is 5.32 Å². The molecule has 0 fully saturated rings. The quantitative estimate of drug-likeness (QED) is 0.686. The van der Waals surface area contributed by atoms with Crippen LogP contribution in [-0.2, 0) is 6.42 Å². The minimum absolute atomic E-state index is 0.158. The Morgan fingerprint density at radius 3 is 2.86 bits per heavy atom. The number of phenols is 1. The number of rotatable bonds is 3. The highest BCUT2D eigenvalue weighted by Gasteiger charge is 2.06. The number of carbonyl (C=O) groups is 1. The van der Waals surface area contributed by atoms with Crippen LogP contribution in [0.1, 0.15) is 12.5 Å². The van der Waals surface area contributed by atoms with Gasteiger partial charge >= 0.3 is 6.09 Å². The van der Waals surface area contributed by atoms with Gasteiger partial charge in [0.1, 0.15) is 5.75 Å². The zero-order valence-electron chi connectivity index (χ0n) is 7.90. The van der Waals surface area contributed by atoms with E-state index in [4.69, 9.17) is 5.11 Å². The number of benzene rings is 1. The number of aromatic hydroxyl groups is 1. The van der Waals surface area contributed by atoms with Gasteiger partial charge in [0.25, 0.3) is 0 Å². The fraction of sp³-hybridized carbons (Fsp3) is 0.300. The number of phenolic OH excluding ortho intramolecular Hbond substituents is 1. The Kier molecular flexibility index (Phi) is 3.34. The van der Waals surface area contributed by atoms with Gasteiger partial charge in [-0.1, -0.05) is 12.1 Å². The van der Waals surface area contributed by atoms with Crippen LogP contribution in [-0.4, -0.2) is 22.3 Å². The predicted octanol–water partition coefficient (Wildman–Crippen LogP) is 1.59. The third-order valence-electron chi connectivity index (χ3n) is 1.82. The van der Waals surface area contributed by atoms with Crippen molar-refractivity contribution < 1.29 is 15.0 Å². The minimum Gasteiger partial charge on any atom is -0.508 e. The number of carboxylic acid groups (broad SMARTS) is 1. The Balaban J connectivity index is 2.55. The van der Waals surface area contributed by atoms with Crippen LogP contribution in [0.5, 0.6) is 5.75 Å². The first-order chi connectivity index (χ1) is 6.58. The number of hydrogen-bond donors (Lipinski definition) is 3. The average molecular weight is 195 g/mol. The lowest BCUT2D eigenvalue weighted by molar-refractivity contribution is 0.190. The predicted molar refractivity (Wildman–Crippen MR) is 52.4 cm³/mol. The van der Waals surface area contributed by atoms with E-state index in [9.17, 15) is 9.90 Å². The summed E-state index contributed by atoms with van der Waals surface area (Å²) in [6.07, 6.45) is -0.460. The van der Waals surface area contributed by atoms with Gasteiger partial charge < -0.3 is 15.5 Å². The van der Waals surface area contributed by atoms with Crippen molar-refractivity contribution in [2.45, 2.75) is 19.4 Å². The molecule has 0 radical (unpaired) electrons. The molecule has 0 bridgehead atoms. The summed E-state index contributed by atoms with van der Waals surface area (Å²) in [5.41, 5.74) is 0.909. The molecule has 0 saturated carbocycles. The summed E-state index contributed by atoms with van der Waals surface area (Å²) >= 11 is 0. The molecular formula is C10H13NO3. The summed E-state index contributed by atoms with van der Waals surface area (Å²) in [4.78, 5) is 10.3. The van der Waals surface area contributed by atoms with Crippen LogP contribution >= 0.6 is 0 Å². The van der Waals surface area contributed by atoms with E-state index in [1.165, 1.54) is 0 Å². The van der Waals surface area contributed by atoms with Gasteiger partial charge in [0.2, 0.25) is 0 Å². The van der Waals surface area contributed by atoms with Crippen molar-refractivity contribution in [2.24, 2.45) is 0 Å². The van der Waals surface area contributed by atoms with E-state index in [1.807, 2.05) is 6.07 Å². The maximum atomic E-state index is 10.3. The van der Waals surface area contributed by atoms with Crippen LogP contribution in [0.3, 0.4) is 0 Å². The van der Waals surface area contributed by atoms with Gasteiger partial charge in [-0.2, -0.15) is 0 Å². The second-order valence-electron chi connectivity index (χ2n) is 3.22. The highest BCUT2D eigenvalue weighted by Crippen LogP contribution is 2.12. The van der Waals surface area contributed by atoms with Crippen molar-refractivity contribution >= 4 is 6.09 Å². The maximum absolute atomic E-state index is 10.3. The molecule has 1 atom stereocenters. The Hall–Kier alpha value is -1.71. The first-order valence-corrected chi connectivity index (χ1v) is 4.35. The average Bonchev–Trinajstić information content (AvgIpc) is 2.01. The van der Waals surface area contributed by atoms with Crippen molar-refractivity contribution in [3.63, 3.8) is 0 Å². The summed E-state index contributed by atoms with van der Waals surface area (Å²) in [6, 6.07) is 6.63. The molecule has 1 rings (SSSR count). The lowest BCUT2D eigenvalue weighted by Gasteiger charge is -2.10. The van der Waals surface area contributed by atoms with E-state index in [1.54, 1.807) is 25.1 Å². The largest absolute Gasteiger partial charge is 0.508 e. The molecule has 0 aliphatic heterocycles. The summed E-state index contributed by atoms with van der Waals surface area (Å²) in [7, 11) is 0. The van der Waals surface area contributed by atoms with Gasteiger partial charge in [-0.3, -0.25) is 0 Å². The van der Waals surface area contributed by atoms with E-state index >= 15 is 0 Å². The summed E-state index contributed by atoms with van der Waals surface area (Å²) in [6.45, 7) is 1.78. The maximum Gasteiger partial charge on any atom is 0.404 e. The molecule has 0 aromatic heterocycles. The van der Waals surface area contributed by atoms with Gasteiger partial charge in [-0.15, -0.1) is 0 Å². The zero-order chi connectivity index (χ0) is 10.6. The van der Waals surface area contributed by atoms with Crippen LogP contribution in [0.15, 0.2) is 24.3 Å². The molecule has 0 heterocycles. The first kappa shape index (κ1) is 10.4. The van der Waals surface area contributed by atoms with Crippen LogP contribution in [0.4, 0.5) is 4.79 Å². The number of hydrogen-bond acceptors (Lipinski definition) is 2. The Bertz CT molecular complexity index is 325. The monoisotopic (exact) mass is 195 g/mol. The highest BCUT2D eigenvalue weighted by atomic mass is 16.4. The summed E-state index contributed by atoms with van der Waals surface area (Å²) in [5, 5.41) is 20.0. The van der Waals surface area contributed by atoms with E-state index in [0.717, 1.165) is 5.56 Å². The van der Waals surface area contributed by atoms with E-state index in [-0.39, 0.29) is 11.8 Å². The fourth-order valence-corrected chi connectivity index (χ4v) is 1.30. The first-order valence-electron chi connectivity index (χ1n) is 4.35. The molecule has 1 amide bonds. The molecule has 3 N–H and O–H groups in total. The molecular weight excluding hydrogens is 182 g/mol. The lowest BCUT2D eigenvalue weighted by Crippen LogP contribution is -2.32. The minimum atomic E-state index is -1.03. The van der Waals surface area contributed by atoms with Gasteiger partial charge in [0, 0.05) is 6.04 Å².